The second kappa shape index (κ2) is 5.65. The van der Waals surface area contributed by atoms with Crippen LogP contribution in [0, 0.1) is 6.92 Å². The molecule has 102 valence electrons. The largest absolute Gasteiger partial charge is 0.365 e. The van der Waals surface area contributed by atoms with Crippen molar-refractivity contribution in [3.63, 3.8) is 0 Å². The summed E-state index contributed by atoms with van der Waals surface area (Å²) in [4.78, 5) is 28.2. The Bertz CT molecular complexity index is 649. The highest BCUT2D eigenvalue weighted by molar-refractivity contribution is 6.21. The molecule has 0 amide bonds. The molecule has 1 aliphatic rings. The summed E-state index contributed by atoms with van der Waals surface area (Å²) in [7, 11) is 0. The van der Waals surface area contributed by atoms with Crippen LogP contribution in [-0.4, -0.2) is 17.5 Å². The fraction of sp³-hybridized carbons (Fsp3) is 0.188. The van der Waals surface area contributed by atoms with Crippen LogP contribution in [0.25, 0.3) is 0 Å². The molecule has 0 fully saturated rings. The molecule has 0 aromatic heterocycles. The number of aryl methyl sites for hydroxylation is 1. The monoisotopic (exact) mass is 269 g/mol. The number of oxime groups is 1. The third-order valence-corrected chi connectivity index (χ3v) is 3.22. The van der Waals surface area contributed by atoms with Crippen LogP contribution >= 0.6 is 0 Å². The lowest BCUT2D eigenvalue weighted by Crippen LogP contribution is -2.12. The molecule has 0 unspecified atom stereocenters. The van der Waals surface area contributed by atoms with Gasteiger partial charge in [0.2, 0.25) is 0 Å². The number of nitrogens with zero attached hydrogens (tertiary/aromatic N) is 1. The van der Waals surface area contributed by atoms with Gasteiger partial charge in [-0.1, -0.05) is 22.9 Å². The lowest BCUT2D eigenvalue weighted by molar-refractivity contribution is -0.111. The average Bonchev–Trinajstić information content (AvgIpc) is 2.44. The van der Waals surface area contributed by atoms with Crippen molar-refractivity contribution in [1.29, 1.82) is 0 Å². The molecule has 20 heavy (non-hydrogen) atoms. The molecule has 0 N–H and O–H groups in total. The van der Waals surface area contributed by atoms with E-state index in [-0.39, 0.29) is 5.78 Å². The Morgan fingerprint density at radius 1 is 1.00 bits per heavy atom. The van der Waals surface area contributed by atoms with Gasteiger partial charge in [-0.05, 0) is 50.6 Å². The van der Waals surface area contributed by atoms with Crippen molar-refractivity contribution in [2.75, 3.05) is 0 Å². The first-order chi connectivity index (χ1) is 9.49. The number of hydrogen-bond acceptors (Lipinski definition) is 4. The summed E-state index contributed by atoms with van der Waals surface area (Å²) in [5, 5.41) is 3.82. The summed E-state index contributed by atoms with van der Waals surface area (Å²) in [5.41, 5.74) is 3.32. The van der Waals surface area contributed by atoms with Gasteiger partial charge < -0.3 is 4.84 Å². The van der Waals surface area contributed by atoms with E-state index < -0.39 is 5.97 Å². The standard InChI is InChI=1S/C16H15NO3/c1-10-4-6-13(7-5-10)16(19)20-17-14-8-9-15(18)12(3)11(14)2/h4-9H,1-3H3. The minimum absolute atomic E-state index is 0.0497. The summed E-state index contributed by atoms with van der Waals surface area (Å²) < 4.78 is 0. The van der Waals surface area contributed by atoms with Crippen LogP contribution in [0.2, 0.25) is 0 Å². The number of ketones is 1. The molecular formula is C16H15NO3. The molecule has 4 heteroatoms. The number of allylic oxidation sites excluding steroid dienone is 4. The van der Waals surface area contributed by atoms with E-state index in [1.54, 1.807) is 32.1 Å². The molecule has 0 aliphatic heterocycles. The van der Waals surface area contributed by atoms with Crippen molar-refractivity contribution in [2.45, 2.75) is 20.8 Å². The maximum Gasteiger partial charge on any atom is 0.365 e. The zero-order valence-corrected chi connectivity index (χ0v) is 11.6. The van der Waals surface area contributed by atoms with Crippen molar-refractivity contribution in [1.82, 2.24) is 0 Å². The van der Waals surface area contributed by atoms with Crippen molar-refractivity contribution in [2.24, 2.45) is 5.16 Å². The molecule has 4 nitrogen and oxygen atoms in total. The Hall–Kier alpha value is -2.49. The third kappa shape index (κ3) is 2.91. The van der Waals surface area contributed by atoms with Crippen LogP contribution in [-0.2, 0) is 9.63 Å². The number of hydrogen-bond donors (Lipinski definition) is 0. The lowest BCUT2D eigenvalue weighted by Gasteiger charge is -2.09. The van der Waals surface area contributed by atoms with Gasteiger partial charge in [0.1, 0.15) is 5.71 Å². The zero-order valence-electron chi connectivity index (χ0n) is 11.6. The first kappa shape index (κ1) is 13.9. The maximum absolute atomic E-state index is 11.8. The van der Waals surface area contributed by atoms with E-state index in [4.69, 9.17) is 4.84 Å². The van der Waals surface area contributed by atoms with Gasteiger partial charge in [0, 0.05) is 5.57 Å². The quantitative estimate of drug-likeness (QED) is 0.471. The molecule has 0 bridgehead atoms. The Kier molecular flexibility index (Phi) is 3.94. The molecule has 0 spiro atoms. The number of benzene rings is 1. The average molecular weight is 269 g/mol. The second-order valence-electron chi connectivity index (χ2n) is 4.67. The van der Waals surface area contributed by atoms with Crippen LogP contribution in [0.4, 0.5) is 0 Å². The fourth-order valence-corrected chi connectivity index (χ4v) is 1.71. The number of carbonyl (C=O) groups is 2. The van der Waals surface area contributed by atoms with E-state index >= 15 is 0 Å². The van der Waals surface area contributed by atoms with E-state index in [0.717, 1.165) is 5.56 Å². The Balaban J connectivity index is 2.14. The highest BCUT2D eigenvalue weighted by atomic mass is 16.7. The van der Waals surface area contributed by atoms with Crippen molar-refractivity contribution < 1.29 is 14.4 Å². The molecule has 0 atom stereocenters. The topological polar surface area (TPSA) is 55.7 Å². The molecule has 0 radical (unpaired) electrons. The lowest BCUT2D eigenvalue weighted by atomic mass is 9.97. The highest BCUT2D eigenvalue weighted by Crippen LogP contribution is 2.14. The van der Waals surface area contributed by atoms with Gasteiger partial charge in [0.05, 0.1) is 5.56 Å². The van der Waals surface area contributed by atoms with E-state index in [0.29, 0.717) is 22.4 Å². The minimum Gasteiger partial charge on any atom is -0.312 e. The first-order valence-corrected chi connectivity index (χ1v) is 6.25. The van der Waals surface area contributed by atoms with Gasteiger partial charge in [0.25, 0.3) is 0 Å². The second-order valence-corrected chi connectivity index (χ2v) is 4.67. The van der Waals surface area contributed by atoms with Gasteiger partial charge in [-0.2, -0.15) is 0 Å². The van der Waals surface area contributed by atoms with E-state index in [2.05, 4.69) is 5.16 Å². The van der Waals surface area contributed by atoms with Gasteiger partial charge >= 0.3 is 5.97 Å². The number of rotatable bonds is 2. The molecule has 0 heterocycles. The fourth-order valence-electron chi connectivity index (χ4n) is 1.71. The van der Waals surface area contributed by atoms with Gasteiger partial charge in [0.15, 0.2) is 5.78 Å². The van der Waals surface area contributed by atoms with E-state index in [1.807, 2.05) is 19.1 Å². The molecule has 1 aliphatic carbocycles. The van der Waals surface area contributed by atoms with Crippen molar-refractivity contribution in [3.8, 4) is 0 Å². The molecule has 1 aromatic carbocycles. The van der Waals surface area contributed by atoms with Gasteiger partial charge in [-0.15, -0.1) is 0 Å². The highest BCUT2D eigenvalue weighted by Gasteiger charge is 2.15. The Labute approximate surface area is 117 Å². The van der Waals surface area contributed by atoms with Crippen LogP contribution in [0.3, 0.4) is 0 Å². The minimum atomic E-state index is -0.520. The smallest absolute Gasteiger partial charge is 0.312 e. The Morgan fingerprint density at radius 2 is 1.65 bits per heavy atom. The maximum atomic E-state index is 11.8. The van der Waals surface area contributed by atoms with Crippen molar-refractivity contribution in [3.05, 3.63) is 58.7 Å². The number of carbonyl (C=O) groups excluding carboxylic acids is 2. The molecule has 2 rings (SSSR count). The van der Waals surface area contributed by atoms with E-state index in [1.165, 1.54) is 6.08 Å². The van der Waals surface area contributed by atoms with Crippen LogP contribution in [0.15, 0.2) is 52.7 Å². The summed E-state index contributed by atoms with van der Waals surface area (Å²) in [6.07, 6.45) is 2.97. The summed E-state index contributed by atoms with van der Waals surface area (Å²) in [6, 6.07) is 7.04. The summed E-state index contributed by atoms with van der Waals surface area (Å²) >= 11 is 0. The third-order valence-electron chi connectivity index (χ3n) is 3.22. The molecule has 0 saturated carbocycles. The Morgan fingerprint density at radius 3 is 2.30 bits per heavy atom. The van der Waals surface area contributed by atoms with E-state index in [9.17, 15) is 9.59 Å². The van der Waals surface area contributed by atoms with Gasteiger partial charge in [-0.3, -0.25) is 4.79 Å². The summed E-state index contributed by atoms with van der Waals surface area (Å²) in [5.74, 6) is -0.570. The SMILES string of the molecule is CC1=C(C)C(=NOC(=O)c2ccc(C)cc2)C=CC1=O. The normalized spacial score (nSPS) is 16.8. The first-order valence-electron chi connectivity index (χ1n) is 6.25. The molecular weight excluding hydrogens is 254 g/mol. The van der Waals surface area contributed by atoms with Crippen LogP contribution in [0.5, 0.6) is 0 Å². The molecule has 0 saturated heterocycles. The van der Waals surface area contributed by atoms with Crippen LogP contribution in [0.1, 0.15) is 29.8 Å². The summed E-state index contributed by atoms with van der Waals surface area (Å²) in [6.45, 7) is 5.43. The zero-order chi connectivity index (χ0) is 14.7. The van der Waals surface area contributed by atoms with Crippen molar-refractivity contribution >= 4 is 17.5 Å². The molecule has 1 aromatic rings. The van der Waals surface area contributed by atoms with Gasteiger partial charge in [-0.25, -0.2) is 4.79 Å². The van der Waals surface area contributed by atoms with Crippen LogP contribution < -0.4 is 0 Å². The predicted octanol–water partition coefficient (Wildman–Crippen LogP) is 2.98. The predicted molar refractivity (Wildman–Crippen MR) is 76.6 cm³/mol.